The van der Waals surface area contributed by atoms with E-state index in [1.54, 1.807) is 0 Å². The van der Waals surface area contributed by atoms with Crippen LogP contribution in [0.2, 0.25) is 10.0 Å². The van der Waals surface area contributed by atoms with Crippen molar-refractivity contribution in [3.05, 3.63) is 58.1 Å². The van der Waals surface area contributed by atoms with Crippen LogP contribution in [0.1, 0.15) is 18.4 Å². The van der Waals surface area contributed by atoms with Gasteiger partial charge in [0.1, 0.15) is 0 Å². The molecule has 2 aromatic carbocycles. The number of carbonyl (C=O) groups excluding carboxylic acids is 1. The Bertz CT molecular complexity index is 834. The van der Waals surface area contributed by atoms with Gasteiger partial charge >= 0.3 is 6.03 Å². The molecule has 0 aliphatic carbocycles. The number of urea groups is 1. The van der Waals surface area contributed by atoms with Gasteiger partial charge in [0, 0.05) is 43.4 Å². The molecule has 0 spiro atoms. The number of rotatable bonds is 1. The summed E-state index contributed by atoms with van der Waals surface area (Å²) >= 11 is 12.5. The van der Waals surface area contributed by atoms with Crippen LogP contribution < -0.4 is 9.80 Å². The molecule has 0 aromatic heterocycles. The summed E-state index contributed by atoms with van der Waals surface area (Å²) in [6.45, 7) is 3.73. The van der Waals surface area contributed by atoms with Gasteiger partial charge in [-0.25, -0.2) is 4.79 Å². The molecule has 0 radical (unpaired) electrons. The van der Waals surface area contributed by atoms with E-state index in [-0.39, 0.29) is 6.03 Å². The summed E-state index contributed by atoms with van der Waals surface area (Å²) in [7, 11) is 0. The summed E-state index contributed by atoms with van der Waals surface area (Å²) in [5.74, 6) is 0. The monoisotopic (exact) mass is 403 g/mol. The third kappa shape index (κ3) is 3.87. The van der Waals surface area contributed by atoms with Gasteiger partial charge in [-0.05, 0) is 55.2 Å². The summed E-state index contributed by atoms with van der Waals surface area (Å²) in [6.07, 6.45) is 3.06. The molecule has 2 aromatic rings. The topological polar surface area (TPSA) is 26.8 Å². The number of carbonyl (C=O) groups is 1. The normalized spacial score (nSPS) is 17.5. The Balaban J connectivity index is 1.48. The molecule has 0 atom stereocenters. The minimum absolute atomic E-state index is 0.0966. The number of halogens is 2. The fraction of sp³-hybridized carbons (Fsp3) is 0.381. The summed E-state index contributed by atoms with van der Waals surface area (Å²) in [5, 5.41) is 1.49. The van der Waals surface area contributed by atoms with E-state index in [0.717, 1.165) is 60.3 Å². The van der Waals surface area contributed by atoms with Crippen molar-refractivity contribution < 1.29 is 4.79 Å². The van der Waals surface area contributed by atoms with Crippen molar-refractivity contribution in [3.63, 3.8) is 0 Å². The molecule has 0 bridgehead atoms. The lowest BCUT2D eigenvalue weighted by Crippen LogP contribution is -2.53. The van der Waals surface area contributed by atoms with Crippen LogP contribution in [0.3, 0.4) is 0 Å². The van der Waals surface area contributed by atoms with Gasteiger partial charge in [0.05, 0.1) is 10.7 Å². The van der Waals surface area contributed by atoms with E-state index in [2.05, 4.69) is 4.90 Å². The van der Waals surface area contributed by atoms with Gasteiger partial charge in [0.2, 0.25) is 0 Å². The van der Waals surface area contributed by atoms with Gasteiger partial charge in [0.15, 0.2) is 0 Å². The third-order valence-electron chi connectivity index (χ3n) is 5.38. The number of piperazine rings is 1. The maximum atomic E-state index is 13.2. The highest BCUT2D eigenvalue weighted by Gasteiger charge is 2.28. The zero-order valence-corrected chi connectivity index (χ0v) is 16.7. The van der Waals surface area contributed by atoms with Crippen molar-refractivity contribution in [1.82, 2.24) is 4.90 Å². The maximum absolute atomic E-state index is 13.2. The lowest BCUT2D eigenvalue weighted by molar-refractivity contribution is 0.201. The first kappa shape index (κ1) is 18.5. The van der Waals surface area contributed by atoms with Gasteiger partial charge in [0.25, 0.3) is 0 Å². The molecular weight excluding hydrogens is 381 g/mol. The average molecular weight is 404 g/mol. The molecular formula is C21H23Cl2N3O. The highest BCUT2D eigenvalue weighted by atomic mass is 35.5. The van der Waals surface area contributed by atoms with Crippen LogP contribution in [0.5, 0.6) is 0 Å². The number of benzene rings is 2. The Labute approximate surface area is 170 Å². The second-order valence-electron chi connectivity index (χ2n) is 7.09. The Morgan fingerprint density at radius 2 is 1.63 bits per heavy atom. The quantitative estimate of drug-likeness (QED) is 0.663. The van der Waals surface area contributed by atoms with E-state index < -0.39 is 0 Å². The molecule has 1 fully saturated rings. The summed E-state index contributed by atoms with van der Waals surface area (Å²) < 4.78 is 0. The van der Waals surface area contributed by atoms with Crippen LogP contribution >= 0.6 is 23.2 Å². The summed E-state index contributed by atoms with van der Waals surface area (Å²) in [6, 6.07) is 13.8. The van der Waals surface area contributed by atoms with E-state index in [1.165, 1.54) is 5.56 Å². The van der Waals surface area contributed by atoms with Gasteiger partial charge in [-0.3, -0.25) is 4.90 Å². The largest absolute Gasteiger partial charge is 0.367 e. The Morgan fingerprint density at radius 1 is 0.852 bits per heavy atom. The smallest absolute Gasteiger partial charge is 0.324 e. The number of anilines is 2. The fourth-order valence-corrected chi connectivity index (χ4v) is 4.39. The number of fused-ring (bicyclic) bond motifs is 1. The first-order valence-electron chi connectivity index (χ1n) is 9.48. The molecule has 27 heavy (non-hydrogen) atoms. The van der Waals surface area contributed by atoms with Gasteiger partial charge in [-0.2, -0.15) is 0 Å². The number of hydrogen-bond donors (Lipinski definition) is 0. The van der Waals surface area contributed by atoms with Crippen LogP contribution in [0.25, 0.3) is 0 Å². The molecule has 0 saturated carbocycles. The van der Waals surface area contributed by atoms with Crippen molar-refractivity contribution in [2.24, 2.45) is 0 Å². The van der Waals surface area contributed by atoms with Crippen molar-refractivity contribution in [3.8, 4) is 0 Å². The van der Waals surface area contributed by atoms with Gasteiger partial charge < -0.3 is 9.80 Å². The summed E-state index contributed by atoms with van der Waals surface area (Å²) in [4.78, 5) is 19.4. The highest BCUT2D eigenvalue weighted by Crippen LogP contribution is 2.31. The second-order valence-corrected chi connectivity index (χ2v) is 7.93. The first-order chi connectivity index (χ1) is 13.1. The summed E-state index contributed by atoms with van der Waals surface area (Å²) in [5.41, 5.74) is 3.22. The van der Waals surface area contributed by atoms with Crippen molar-refractivity contribution in [1.29, 1.82) is 0 Å². The molecule has 0 N–H and O–H groups in total. The lowest BCUT2D eigenvalue weighted by atomic mass is 10.1. The zero-order valence-electron chi connectivity index (χ0n) is 15.2. The molecule has 142 valence electrons. The fourth-order valence-electron chi connectivity index (χ4n) is 3.94. The van der Waals surface area contributed by atoms with Gasteiger partial charge in [-0.15, -0.1) is 0 Å². The second kappa shape index (κ2) is 7.99. The number of aryl methyl sites for hydroxylation is 1. The number of para-hydroxylation sites is 1. The van der Waals surface area contributed by atoms with Crippen molar-refractivity contribution in [2.45, 2.75) is 19.3 Å². The Kier molecular flexibility index (Phi) is 5.46. The molecule has 6 heteroatoms. The molecule has 2 amide bonds. The standard InChI is InChI=1S/C21H23Cl2N3O/c22-17-8-9-19-16(15-17)5-3-4-10-26(19)21(27)25-13-11-24(12-14-25)20-7-2-1-6-18(20)23/h1-2,6-9,15H,3-5,10-14H2. The van der Waals surface area contributed by atoms with Crippen LogP contribution in [-0.2, 0) is 6.42 Å². The number of hydrogen-bond acceptors (Lipinski definition) is 2. The zero-order chi connectivity index (χ0) is 18.8. The van der Waals surface area contributed by atoms with E-state index in [0.29, 0.717) is 13.1 Å². The molecule has 2 heterocycles. The third-order valence-corrected chi connectivity index (χ3v) is 5.94. The van der Waals surface area contributed by atoms with Crippen LogP contribution in [0.4, 0.5) is 16.2 Å². The predicted molar refractivity (Wildman–Crippen MR) is 112 cm³/mol. The molecule has 2 aliphatic heterocycles. The lowest BCUT2D eigenvalue weighted by Gasteiger charge is -2.38. The van der Waals surface area contributed by atoms with E-state index in [4.69, 9.17) is 23.2 Å². The molecule has 0 unspecified atom stereocenters. The minimum Gasteiger partial charge on any atom is -0.367 e. The Hall–Kier alpha value is -1.91. The Morgan fingerprint density at radius 3 is 2.41 bits per heavy atom. The van der Waals surface area contributed by atoms with Crippen LogP contribution in [0.15, 0.2) is 42.5 Å². The number of amides is 2. The van der Waals surface area contributed by atoms with E-state index in [9.17, 15) is 4.79 Å². The molecule has 4 rings (SSSR count). The average Bonchev–Trinajstić information content (AvgIpc) is 2.90. The maximum Gasteiger partial charge on any atom is 0.324 e. The van der Waals surface area contributed by atoms with Crippen LogP contribution in [-0.4, -0.2) is 43.7 Å². The minimum atomic E-state index is 0.0966. The van der Waals surface area contributed by atoms with E-state index in [1.807, 2.05) is 52.3 Å². The van der Waals surface area contributed by atoms with Gasteiger partial charge in [-0.1, -0.05) is 35.3 Å². The first-order valence-corrected chi connectivity index (χ1v) is 10.2. The number of nitrogens with zero attached hydrogens (tertiary/aromatic N) is 3. The predicted octanol–water partition coefficient (Wildman–Crippen LogP) is 5.08. The highest BCUT2D eigenvalue weighted by molar-refractivity contribution is 6.33. The van der Waals surface area contributed by atoms with E-state index >= 15 is 0 Å². The molecule has 1 saturated heterocycles. The van der Waals surface area contributed by atoms with Crippen molar-refractivity contribution in [2.75, 3.05) is 42.5 Å². The molecule has 2 aliphatic rings. The SMILES string of the molecule is O=C(N1CCN(c2ccccc2Cl)CC1)N1CCCCc2cc(Cl)ccc21. The van der Waals surface area contributed by atoms with Crippen molar-refractivity contribution >= 4 is 40.6 Å². The van der Waals surface area contributed by atoms with Crippen LogP contribution in [0, 0.1) is 0 Å². The molecule has 4 nitrogen and oxygen atoms in total.